The quantitative estimate of drug-likeness (QED) is 0.768. The number of imidazole rings is 1. The molecule has 4 rings (SSSR count). The van der Waals surface area contributed by atoms with Crippen molar-refractivity contribution in [2.75, 3.05) is 23.6 Å². The first kappa shape index (κ1) is 15.5. The van der Waals surface area contributed by atoms with E-state index in [0.29, 0.717) is 17.6 Å². The van der Waals surface area contributed by atoms with E-state index in [0.717, 1.165) is 24.2 Å². The predicted octanol–water partition coefficient (Wildman–Crippen LogP) is 1.54. The molecule has 4 heterocycles. The van der Waals surface area contributed by atoms with Gasteiger partial charge >= 0.3 is 0 Å². The number of anilines is 2. The van der Waals surface area contributed by atoms with Crippen LogP contribution in [0, 0.1) is 0 Å². The Balaban J connectivity index is 1.79. The summed E-state index contributed by atoms with van der Waals surface area (Å²) < 4.78 is 1.75. The van der Waals surface area contributed by atoms with Crippen LogP contribution in [0.15, 0.2) is 37.3 Å². The van der Waals surface area contributed by atoms with Gasteiger partial charge in [-0.25, -0.2) is 25.0 Å². The molecule has 1 unspecified atom stereocenters. The summed E-state index contributed by atoms with van der Waals surface area (Å²) in [4.78, 5) is 23.5. The van der Waals surface area contributed by atoms with Crippen LogP contribution in [0.2, 0.25) is 0 Å². The van der Waals surface area contributed by atoms with Crippen molar-refractivity contribution in [3.63, 3.8) is 0 Å². The summed E-state index contributed by atoms with van der Waals surface area (Å²) in [6, 6.07) is -0.00923. The average molecular weight is 338 g/mol. The number of hydrogen-bond donors (Lipinski definition) is 1. The summed E-state index contributed by atoms with van der Waals surface area (Å²) in [6.07, 6.45) is 10.8. The molecule has 0 aliphatic carbocycles. The summed E-state index contributed by atoms with van der Waals surface area (Å²) in [5, 5.41) is 11.8. The average Bonchev–Trinajstić information content (AvgIpc) is 3.15. The van der Waals surface area contributed by atoms with Gasteiger partial charge in [0.1, 0.15) is 17.8 Å². The van der Waals surface area contributed by atoms with Crippen LogP contribution in [0.25, 0.3) is 17.3 Å². The first-order chi connectivity index (χ1) is 12.2. The fraction of sp³-hybridized carbons (Fsp3) is 0.312. The lowest BCUT2D eigenvalue weighted by molar-refractivity contribution is 0.205. The lowest BCUT2D eigenvalue weighted by atomic mass is 10.1. The van der Waals surface area contributed by atoms with Crippen LogP contribution in [-0.2, 0) is 0 Å². The van der Waals surface area contributed by atoms with E-state index in [9.17, 15) is 5.21 Å². The highest BCUT2D eigenvalue weighted by Crippen LogP contribution is 2.32. The van der Waals surface area contributed by atoms with Crippen LogP contribution in [-0.4, -0.2) is 54.3 Å². The van der Waals surface area contributed by atoms with E-state index in [4.69, 9.17) is 0 Å². The maximum Gasteiger partial charge on any atom is 0.237 e. The monoisotopic (exact) mass is 338 g/mol. The highest BCUT2D eigenvalue weighted by atomic mass is 16.5. The zero-order chi connectivity index (χ0) is 17.4. The molecule has 0 bridgehead atoms. The molecule has 3 aromatic heterocycles. The fourth-order valence-corrected chi connectivity index (χ4v) is 2.97. The van der Waals surface area contributed by atoms with Gasteiger partial charge in [-0.1, -0.05) is 6.92 Å². The number of hydrogen-bond acceptors (Lipinski definition) is 8. The Kier molecular flexibility index (Phi) is 3.77. The highest BCUT2D eigenvalue weighted by molar-refractivity contribution is 5.68. The second-order valence-electron chi connectivity index (χ2n) is 5.91. The maximum absolute atomic E-state index is 10.5. The van der Waals surface area contributed by atoms with E-state index in [1.807, 2.05) is 14.0 Å². The molecular weight excluding hydrogens is 320 g/mol. The molecule has 1 aliphatic heterocycles. The molecule has 1 atom stereocenters. The van der Waals surface area contributed by atoms with E-state index < -0.39 is 0 Å². The molecule has 1 aliphatic rings. The Morgan fingerprint density at radius 1 is 1.20 bits per heavy atom. The third kappa shape index (κ3) is 2.58. The van der Waals surface area contributed by atoms with Crippen molar-refractivity contribution in [3.05, 3.63) is 37.3 Å². The number of fused-ring (bicyclic) bond motifs is 1. The van der Waals surface area contributed by atoms with Crippen molar-refractivity contribution in [1.29, 1.82) is 0 Å². The molecule has 0 saturated carbocycles. The molecule has 9 nitrogen and oxygen atoms in total. The third-order valence-electron chi connectivity index (χ3n) is 4.34. The van der Waals surface area contributed by atoms with Gasteiger partial charge in [0.2, 0.25) is 5.95 Å². The second kappa shape index (κ2) is 6.10. The van der Waals surface area contributed by atoms with Gasteiger partial charge in [0, 0.05) is 38.4 Å². The van der Waals surface area contributed by atoms with Crippen molar-refractivity contribution in [2.45, 2.75) is 19.4 Å². The van der Waals surface area contributed by atoms with E-state index in [1.165, 1.54) is 11.4 Å². The van der Waals surface area contributed by atoms with Crippen molar-refractivity contribution in [1.82, 2.24) is 29.5 Å². The maximum atomic E-state index is 10.5. The molecule has 0 fully saturated rings. The van der Waals surface area contributed by atoms with Crippen LogP contribution < -0.4 is 9.96 Å². The van der Waals surface area contributed by atoms with Gasteiger partial charge in [-0.15, -0.1) is 0 Å². The fourth-order valence-electron chi connectivity index (χ4n) is 2.97. The van der Waals surface area contributed by atoms with Gasteiger partial charge in [0.05, 0.1) is 17.8 Å². The second-order valence-corrected chi connectivity index (χ2v) is 5.91. The highest BCUT2D eigenvalue weighted by Gasteiger charge is 2.29. The van der Waals surface area contributed by atoms with Gasteiger partial charge in [-0.3, -0.25) is 9.77 Å². The Bertz CT molecular complexity index is 881. The zero-order valence-electron chi connectivity index (χ0n) is 14.0. The lowest BCUT2D eigenvalue weighted by Gasteiger charge is -2.37. The minimum Gasteiger partial charge on any atom is -0.368 e. The Morgan fingerprint density at radius 2 is 2.00 bits per heavy atom. The molecule has 128 valence electrons. The lowest BCUT2D eigenvalue weighted by Crippen LogP contribution is -2.46. The molecule has 0 radical (unpaired) electrons. The van der Waals surface area contributed by atoms with E-state index in [2.05, 4.69) is 29.8 Å². The van der Waals surface area contributed by atoms with Gasteiger partial charge in [0.25, 0.3) is 0 Å². The Labute approximate surface area is 144 Å². The number of aromatic nitrogens is 6. The molecule has 0 amide bonds. The van der Waals surface area contributed by atoms with Crippen LogP contribution in [0.4, 0.5) is 11.5 Å². The van der Waals surface area contributed by atoms with Crippen LogP contribution in [0.1, 0.15) is 13.3 Å². The SMILES string of the molecule is CCC1CN(C)c2cnc(-n3ccnc3-c3cncnc3)nc2N1O. The summed E-state index contributed by atoms with van der Waals surface area (Å²) in [6.45, 7) is 2.76. The van der Waals surface area contributed by atoms with Gasteiger partial charge < -0.3 is 4.90 Å². The van der Waals surface area contributed by atoms with Gasteiger partial charge in [-0.05, 0) is 6.42 Å². The van der Waals surface area contributed by atoms with Crippen molar-refractivity contribution in [3.8, 4) is 17.3 Å². The molecule has 0 aromatic carbocycles. The van der Waals surface area contributed by atoms with E-state index >= 15 is 0 Å². The first-order valence-electron chi connectivity index (χ1n) is 8.04. The molecule has 3 aromatic rings. The Morgan fingerprint density at radius 3 is 2.76 bits per heavy atom. The molecular formula is C16H18N8O. The molecule has 1 N–H and O–H groups in total. The smallest absolute Gasteiger partial charge is 0.237 e. The van der Waals surface area contributed by atoms with Crippen molar-refractivity contribution >= 4 is 11.5 Å². The van der Waals surface area contributed by atoms with Crippen LogP contribution in [0.5, 0.6) is 0 Å². The molecule has 25 heavy (non-hydrogen) atoms. The minimum atomic E-state index is -0.00923. The third-order valence-corrected chi connectivity index (χ3v) is 4.34. The number of nitrogens with zero attached hydrogens (tertiary/aromatic N) is 8. The first-order valence-corrected chi connectivity index (χ1v) is 8.04. The normalized spacial score (nSPS) is 16.8. The number of rotatable bonds is 3. The molecule has 0 spiro atoms. The van der Waals surface area contributed by atoms with Crippen molar-refractivity contribution < 1.29 is 5.21 Å². The van der Waals surface area contributed by atoms with Crippen molar-refractivity contribution in [2.24, 2.45) is 0 Å². The summed E-state index contributed by atoms with van der Waals surface area (Å²) in [5.41, 5.74) is 1.55. The van der Waals surface area contributed by atoms with Crippen LogP contribution >= 0.6 is 0 Å². The van der Waals surface area contributed by atoms with Gasteiger partial charge in [0.15, 0.2) is 5.82 Å². The zero-order valence-corrected chi connectivity index (χ0v) is 14.0. The minimum absolute atomic E-state index is 0.00923. The van der Waals surface area contributed by atoms with E-state index in [-0.39, 0.29) is 6.04 Å². The topological polar surface area (TPSA) is 96.1 Å². The predicted molar refractivity (Wildman–Crippen MR) is 91.8 cm³/mol. The number of hydroxylamine groups is 1. The summed E-state index contributed by atoms with van der Waals surface area (Å²) in [7, 11) is 1.97. The summed E-state index contributed by atoms with van der Waals surface area (Å²) >= 11 is 0. The Hall–Kier alpha value is -3.07. The standard InChI is InChI=1S/C16H18N8O/c1-3-12-9-22(2)13-8-20-16(21-15(13)24(12)25)23-5-4-19-14(23)11-6-17-10-18-7-11/h4-8,10,12,25H,3,9H2,1-2H3. The van der Waals surface area contributed by atoms with E-state index in [1.54, 1.807) is 35.6 Å². The number of likely N-dealkylation sites (N-methyl/N-ethyl adjacent to an activating group) is 1. The summed E-state index contributed by atoms with van der Waals surface area (Å²) in [5.74, 6) is 1.56. The largest absolute Gasteiger partial charge is 0.368 e. The van der Waals surface area contributed by atoms with Crippen LogP contribution in [0.3, 0.4) is 0 Å². The molecule has 9 heteroatoms. The molecule has 0 saturated heterocycles. The van der Waals surface area contributed by atoms with Gasteiger partial charge in [-0.2, -0.15) is 4.98 Å².